The first kappa shape index (κ1) is 23.2. The van der Waals surface area contributed by atoms with Gasteiger partial charge in [0, 0.05) is 16.3 Å². The highest BCUT2D eigenvalue weighted by Gasteiger charge is 2.08. The van der Waals surface area contributed by atoms with Gasteiger partial charge in [-0.1, -0.05) is 52.0 Å². The Labute approximate surface area is 181 Å². The van der Waals surface area contributed by atoms with Gasteiger partial charge in [-0.25, -0.2) is 0 Å². The summed E-state index contributed by atoms with van der Waals surface area (Å²) in [6.07, 6.45) is 3.22. The third-order valence-electron chi connectivity index (χ3n) is 4.74. The Morgan fingerprint density at radius 3 is 2.14 bits per heavy atom. The van der Waals surface area contributed by atoms with Crippen LogP contribution in [0.25, 0.3) is 11.3 Å². The number of aromatic nitrogens is 1. The second-order valence-corrected chi connectivity index (χ2v) is 8.21. The van der Waals surface area contributed by atoms with Crippen LogP contribution < -0.4 is 4.74 Å². The first-order chi connectivity index (χ1) is 14.1. The molecule has 0 saturated carbocycles. The fourth-order valence-corrected chi connectivity index (χ4v) is 3.74. The molecule has 1 heterocycles. The number of benzene rings is 2. The van der Waals surface area contributed by atoms with E-state index in [0.717, 1.165) is 18.7 Å². The Balaban J connectivity index is 0.00000145. The Hall–Kier alpha value is -2.13. The SMILES string of the molecule is CC.CSc1ccc(-c2ccc(C)n2CCOc2ccc(CC(C)C)cc2)cc1. The second-order valence-electron chi connectivity index (χ2n) is 7.33. The number of thioether (sulfide) groups is 1. The highest BCUT2D eigenvalue weighted by Crippen LogP contribution is 2.25. The van der Waals surface area contributed by atoms with Gasteiger partial charge in [0.2, 0.25) is 0 Å². The maximum atomic E-state index is 6.00. The summed E-state index contributed by atoms with van der Waals surface area (Å²) < 4.78 is 8.33. The van der Waals surface area contributed by atoms with E-state index >= 15 is 0 Å². The Morgan fingerprint density at radius 2 is 1.55 bits per heavy atom. The normalized spacial score (nSPS) is 10.6. The molecule has 3 heteroatoms. The number of aryl methyl sites for hydroxylation is 1. The van der Waals surface area contributed by atoms with E-state index in [1.54, 1.807) is 11.8 Å². The maximum absolute atomic E-state index is 6.00. The van der Waals surface area contributed by atoms with Crippen LogP contribution in [0.1, 0.15) is 39.0 Å². The molecule has 0 unspecified atom stereocenters. The molecule has 0 spiro atoms. The van der Waals surface area contributed by atoms with Crippen molar-refractivity contribution >= 4 is 11.8 Å². The minimum absolute atomic E-state index is 0.662. The second kappa shape index (κ2) is 11.8. The average molecular weight is 410 g/mol. The van der Waals surface area contributed by atoms with Crippen molar-refractivity contribution in [2.45, 2.75) is 52.5 Å². The molecule has 3 rings (SSSR count). The number of ether oxygens (including phenoxy) is 1. The summed E-state index contributed by atoms with van der Waals surface area (Å²) in [5, 5.41) is 0. The van der Waals surface area contributed by atoms with Crippen LogP contribution in [0.5, 0.6) is 5.75 Å². The van der Waals surface area contributed by atoms with Crippen molar-refractivity contribution < 1.29 is 4.74 Å². The van der Waals surface area contributed by atoms with Crippen LogP contribution in [0.2, 0.25) is 0 Å². The average Bonchev–Trinajstić information content (AvgIpc) is 3.11. The van der Waals surface area contributed by atoms with Gasteiger partial charge in [0.1, 0.15) is 12.4 Å². The van der Waals surface area contributed by atoms with Crippen LogP contribution in [0.3, 0.4) is 0 Å². The summed E-state index contributed by atoms with van der Waals surface area (Å²) in [6.45, 7) is 12.1. The lowest BCUT2D eigenvalue weighted by molar-refractivity contribution is 0.298. The fraction of sp³-hybridized carbons (Fsp3) is 0.385. The first-order valence-corrected chi connectivity index (χ1v) is 11.8. The fourth-order valence-electron chi connectivity index (χ4n) is 3.33. The van der Waals surface area contributed by atoms with Crippen molar-refractivity contribution in [3.05, 3.63) is 71.9 Å². The summed E-state index contributed by atoms with van der Waals surface area (Å²) >= 11 is 1.77. The molecule has 0 aliphatic heterocycles. The lowest BCUT2D eigenvalue weighted by Crippen LogP contribution is -2.10. The predicted molar refractivity (Wildman–Crippen MR) is 128 cm³/mol. The van der Waals surface area contributed by atoms with Crippen molar-refractivity contribution in [3.63, 3.8) is 0 Å². The zero-order valence-electron chi connectivity index (χ0n) is 18.7. The standard InChI is InChI=1S/C24H29NOS.C2H6/c1-18(2)17-20-6-10-22(11-7-20)26-16-15-25-19(3)5-14-24(25)21-8-12-23(27-4)13-9-21;1-2/h5-14,18H,15-17H2,1-4H3;1-2H3. The van der Waals surface area contributed by atoms with Crippen molar-refractivity contribution in [2.24, 2.45) is 5.92 Å². The molecular weight excluding hydrogens is 374 g/mol. The molecule has 156 valence electrons. The van der Waals surface area contributed by atoms with Gasteiger partial charge in [-0.05, 0) is 73.0 Å². The quantitative estimate of drug-likeness (QED) is 0.358. The predicted octanol–water partition coefficient (Wildman–Crippen LogP) is 7.49. The number of rotatable bonds is 8. The zero-order chi connectivity index (χ0) is 21.2. The molecule has 0 fully saturated rings. The van der Waals surface area contributed by atoms with E-state index in [4.69, 9.17) is 4.74 Å². The summed E-state index contributed by atoms with van der Waals surface area (Å²) in [4.78, 5) is 1.29. The van der Waals surface area contributed by atoms with Gasteiger partial charge < -0.3 is 9.30 Å². The van der Waals surface area contributed by atoms with E-state index in [1.807, 2.05) is 13.8 Å². The Morgan fingerprint density at radius 1 is 0.897 bits per heavy atom. The highest BCUT2D eigenvalue weighted by atomic mass is 32.2. The lowest BCUT2D eigenvalue weighted by atomic mass is 10.0. The van der Waals surface area contributed by atoms with E-state index in [9.17, 15) is 0 Å². The minimum atomic E-state index is 0.662. The van der Waals surface area contributed by atoms with E-state index in [1.165, 1.54) is 27.4 Å². The van der Waals surface area contributed by atoms with Crippen LogP contribution >= 0.6 is 11.8 Å². The third kappa shape index (κ3) is 6.71. The van der Waals surface area contributed by atoms with Gasteiger partial charge in [-0.3, -0.25) is 0 Å². The van der Waals surface area contributed by atoms with Gasteiger partial charge in [0.15, 0.2) is 0 Å². The smallest absolute Gasteiger partial charge is 0.119 e. The van der Waals surface area contributed by atoms with Crippen molar-refractivity contribution in [1.29, 1.82) is 0 Å². The molecule has 3 aromatic rings. The lowest BCUT2D eigenvalue weighted by Gasteiger charge is -2.14. The molecule has 2 aromatic carbocycles. The van der Waals surface area contributed by atoms with E-state index in [-0.39, 0.29) is 0 Å². The summed E-state index contributed by atoms with van der Waals surface area (Å²) in [5.74, 6) is 1.62. The topological polar surface area (TPSA) is 14.2 Å². The van der Waals surface area contributed by atoms with Crippen molar-refractivity contribution in [1.82, 2.24) is 4.57 Å². The minimum Gasteiger partial charge on any atom is -0.492 e. The van der Waals surface area contributed by atoms with E-state index < -0.39 is 0 Å². The molecule has 1 aromatic heterocycles. The molecule has 0 aliphatic carbocycles. The number of nitrogens with zero attached hydrogens (tertiary/aromatic N) is 1. The van der Waals surface area contributed by atoms with Crippen LogP contribution in [0, 0.1) is 12.8 Å². The number of hydrogen-bond acceptors (Lipinski definition) is 2. The molecule has 29 heavy (non-hydrogen) atoms. The monoisotopic (exact) mass is 409 g/mol. The van der Waals surface area contributed by atoms with Gasteiger partial charge in [-0.15, -0.1) is 11.8 Å². The molecule has 0 radical (unpaired) electrons. The van der Waals surface area contributed by atoms with Crippen LogP contribution in [-0.2, 0) is 13.0 Å². The van der Waals surface area contributed by atoms with Gasteiger partial charge in [-0.2, -0.15) is 0 Å². The summed E-state index contributed by atoms with van der Waals surface area (Å²) in [5.41, 5.74) is 5.12. The number of hydrogen-bond donors (Lipinski definition) is 0. The van der Waals surface area contributed by atoms with Gasteiger partial charge >= 0.3 is 0 Å². The third-order valence-corrected chi connectivity index (χ3v) is 5.48. The van der Waals surface area contributed by atoms with E-state index in [2.05, 4.69) is 92.3 Å². The summed E-state index contributed by atoms with van der Waals surface area (Å²) in [7, 11) is 0. The Kier molecular flexibility index (Phi) is 9.40. The molecule has 0 bridgehead atoms. The van der Waals surface area contributed by atoms with Crippen LogP contribution in [0.15, 0.2) is 65.6 Å². The molecule has 0 saturated heterocycles. The largest absolute Gasteiger partial charge is 0.492 e. The molecular formula is C26H35NOS. The van der Waals surface area contributed by atoms with Gasteiger partial charge in [0.05, 0.1) is 6.54 Å². The maximum Gasteiger partial charge on any atom is 0.119 e. The van der Waals surface area contributed by atoms with Crippen molar-refractivity contribution in [2.75, 3.05) is 12.9 Å². The summed E-state index contributed by atoms with van der Waals surface area (Å²) in [6, 6.07) is 21.7. The highest BCUT2D eigenvalue weighted by molar-refractivity contribution is 7.98. The molecule has 2 nitrogen and oxygen atoms in total. The Bertz CT molecular complexity index is 847. The molecule has 0 amide bonds. The van der Waals surface area contributed by atoms with Crippen LogP contribution in [-0.4, -0.2) is 17.4 Å². The zero-order valence-corrected chi connectivity index (χ0v) is 19.6. The van der Waals surface area contributed by atoms with Crippen molar-refractivity contribution in [3.8, 4) is 17.0 Å². The molecule has 0 N–H and O–H groups in total. The van der Waals surface area contributed by atoms with E-state index in [0.29, 0.717) is 12.5 Å². The van der Waals surface area contributed by atoms with Crippen LogP contribution in [0.4, 0.5) is 0 Å². The van der Waals surface area contributed by atoms with Gasteiger partial charge in [0.25, 0.3) is 0 Å². The first-order valence-electron chi connectivity index (χ1n) is 10.6. The molecule has 0 atom stereocenters. The molecule has 0 aliphatic rings.